The maximum atomic E-state index is 11.3. The molecule has 2 aliphatic rings. The molecule has 1 atom stereocenters. The van der Waals surface area contributed by atoms with E-state index in [-0.39, 0.29) is 11.9 Å². The number of fused-ring (bicyclic) bond motifs is 1. The number of hydrogen-bond acceptors (Lipinski definition) is 4. The first-order valence-electron chi connectivity index (χ1n) is 9.27. The summed E-state index contributed by atoms with van der Waals surface area (Å²) in [6, 6.07) is 2.33. The Bertz CT molecular complexity index is 763. The third kappa shape index (κ3) is 3.25. The molecule has 132 valence electrons. The van der Waals surface area contributed by atoms with Crippen molar-refractivity contribution in [2.75, 3.05) is 11.9 Å². The predicted octanol–water partition coefficient (Wildman–Crippen LogP) is 2.91. The summed E-state index contributed by atoms with van der Waals surface area (Å²) in [5.41, 5.74) is 9.01. The first-order valence-corrected chi connectivity index (χ1v) is 9.27. The zero-order valence-corrected chi connectivity index (χ0v) is 14.4. The number of amides is 1. The van der Waals surface area contributed by atoms with Crippen LogP contribution in [0.25, 0.3) is 11.1 Å². The number of nitrogens with zero attached hydrogens (tertiary/aromatic N) is 3. The molecule has 2 aromatic rings. The van der Waals surface area contributed by atoms with Gasteiger partial charge in [-0.1, -0.05) is 12.8 Å². The number of nitrogens with two attached hydrogens (primary N) is 1. The Labute approximate surface area is 147 Å². The molecule has 25 heavy (non-hydrogen) atoms. The fourth-order valence-electron chi connectivity index (χ4n) is 4.35. The highest BCUT2D eigenvalue weighted by atomic mass is 16.1. The van der Waals surface area contributed by atoms with Gasteiger partial charge in [-0.05, 0) is 43.2 Å². The minimum atomic E-state index is -0.228. The lowest BCUT2D eigenvalue weighted by molar-refractivity contribution is -0.118. The quantitative estimate of drug-likeness (QED) is 0.847. The van der Waals surface area contributed by atoms with Gasteiger partial charge in [-0.25, -0.2) is 4.98 Å². The summed E-state index contributed by atoms with van der Waals surface area (Å²) in [6.45, 7) is 0.941. The van der Waals surface area contributed by atoms with Crippen LogP contribution in [0, 0.1) is 5.92 Å². The molecule has 1 amide bonds. The van der Waals surface area contributed by atoms with Gasteiger partial charge in [0.1, 0.15) is 5.82 Å². The SMILES string of the molecule is NC(=O)CCC(C1CCCC1)n1cc(-c2ccnc3c2CCN3)cn1. The Morgan fingerprint density at radius 3 is 3.04 bits per heavy atom. The Morgan fingerprint density at radius 1 is 1.40 bits per heavy atom. The third-order valence-electron chi connectivity index (χ3n) is 5.61. The maximum absolute atomic E-state index is 11.3. The van der Waals surface area contributed by atoms with Crippen molar-refractivity contribution >= 4 is 11.7 Å². The average molecular weight is 339 g/mol. The lowest BCUT2D eigenvalue weighted by atomic mass is 9.94. The van der Waals surface area contributed by atoms with Crippen LogP contribution in [0.1, 0.15) is 50.1 Å². The van der Waals surface area contributed by atoms with Gasteiger partial charge in [-0.3, -0.25) is 9.48 Å². The Hall–Kier alpha value is -2.37. The topological polar surface area (TPSA) is 85.8 Å². The highest BCUT2D eigenvalue weighted by Gasteiger charge is 2.28. The second-order valence-electron chi connectivity index (χ2n) is 7.19. The summed E-state index contributed by atoms with van der Waals surface area (Å²) in [4.78, 5) is 15.7. The summed E-state index contributed by atoms with van der Waals surface area (Å²) in [7, 11) is 0. The van der Waals surface area contributed by atoms with E-state index in [0.29, 0.717) is 12.3 Å². The Balaban J connectivity index is 1.62. The molecule has 1 aliphatic carbocycles. The number of aromatic nitrogens is 3. The fourth-order valence-corrected chi connectivity index (χ4v) is 4.35. The molecular formula is C19H25N5O. The van der Waals surface area contributed by atoms with Crippen molar-refractivity contribution in [3.63, 3.8) is 0 Å². The zero-order valence-electron chi connectivity index (χ0n) is 14.4. The summed E-state index contributed by atoms with van der Waals surface area (Å²) in [5.74, 6) is 1.36. The number of anilines is 1. The summed E-state index contributed by atoms with van der Waals surface area (Å²) in [6.07, 6.45) is 13.1. The van der Waals surface area contributed by atoms with E-state index < -0.39 is 0 Å². The highest BCUT2D eigenvalue weighted by Crippen LogP contribution is 2.38. The number of carbonyl (C=O) groups is 1. The molecule has 6 nitrogen and oxygen atoms in total. The van der Waals surface area contributed by atoms with Crippen LogP contribution in [-0.2, 0) is 11.2 Å². The van der Waals surface area contributed by atoms with Gasteiger partial charge < -0.3 is 11.1 Å². The van der Waals surface area contributed by atoms with Crippen LogP contribution in [0.3, 0.4) is 0 Å². The number of pyridine rings is 1. The second-order valence-corrected chi connectivity index (χ2v) is 7.19. The number of carbonyl (C=O) groups excluding carboxylic acids is 1. The third-order valence-corrected chi connectivity index (χ3v) is 5.61. The normalized spacial score (nSPS) is 18.1. The molecule has 3 heterocycles. The van der Waals surface area contributed by atoms with Crippen molar-refractivity contribution in [3.05, 3.63) is 30.2 Å². The maximum Gasteiger partial charge on any atom is 0.217 e. The minimum absolute atomic E-state index is 0.228. The first kappa shape index (κ1) is 16.1. The lowest BCUT2D eigenvalue weighted by Crippen LogP contribution is -2.21. The molecule has 0 spiro atoms. The van der Waals surface area contributed by atoms with E-state index in [1.165, 1.54) is 36.8 Å². The van der Waals surface area contributed by atoms with Crippen LogP contribution < -0.4 is 11.1 Å². The van der Waals surface area contributed by atoms with Gasteiger partial charge in [-0.15, -0.1) is 0 Å². The molecule has 1 aliphatic heterocycles. The molecule has 3 N–H and O–H groups in total. The molecule has 6 heteroatoms. The standard InChI is InChI=1S/C19H25N5O/c20-18(25)6-5-17(13-3-1-2-4-13)24-12-14(11-23-24)15-7-9-21-19-16(15)8-10-22-19/h7,9,11-13,17H,1-6,8,10H2,(H2,20,25)(H,21,22). The monoisotopic (exact) mass is 339 g/mol. The molecular weight excluding hydrogens is 314 g/mol. The van der Waals surface area contributed by atoms with Crippen LogP contribution >= 0.6 is 0 Å². The van der Waals surface area contributed by atoms with Crippen LogP contribution in [0.4, 0.5) is 5.82 Å². The van der Waals surface area contributed by atoms with Crippen molar-refractivity contribution in [3.8, 4) is 11.1 Å². The Morgan fingerprint density at radius 2 is 2.24 bits per heavy atom. The van der Waals surface area contributed by atoms with Gasteiger partial charge >= 0.3 is 0 Å². The van der Waals surface area contributed by atoms with Crippen LogP contribution in [-0.4, -0.2) is 27.2 Å². The summed E-state index contributed by atoms with van der Waals surface area (Å²) < 4.78 is 2.07. The second kappa shape index (κ2) is 6.86. The van der Waals surface area contributed by atoms with Gasteiger partial charge in [0.25, 0.3) is 0 Å². The van der Waals surface area contributed by atoms with Crippen molar-refractivity contribution < 1.29 is 4.79 Å². The van der Waals surface area contributed by atoms with Gasteiger partial charge in [0.15, 0.2) is 0 Å². The molecule has 1 unspecified atom stereocenters. The molecule has 0 bridgehead atoms. The van der Waals surface area contributed by atoms with E-state index in [1.807, 2.05) is 12.4 Å². The average Bonchev–Trinajstić information content (AvgIpc) is 3.36. The van der Waals surface area contributed by atoms with Gasteiger partial charge in [0.05, 0.1) is 12.2 Å². The van der Waals surface area contributed by atoms with E-state index in [0.717, 1.165) is 30.8 Å². The van der Waals surface area contributed by atoms with Gasteiger partial charge in [0, 0.05) is 36.5 Å². The number of hydrogen-bond donors (Lipinski definition) is 2. The van der Waals surface area contributed by atoms with E-state index in [9.17, 15) is 4.79 Å². The van der Waals surface area contributed by atoms with Crippen molar-refractivity contribution in [2.45, 2.75) is 51.0 Å². The number of rotatable bonds is 6. The van der Waals surface area contributed by atoms with E-state index in [2.05, 4.69) is 32.3 Å². The zero-order chi connectivity index (χ0) is 17.2. The Kier molecular flexibility index (Phi) is 4.42. The number of nitrogens with one attached hydrogen (secondary N) is 1. The van der Waals surface area contributed by atoms with Crippen LogP contribution in [0.15, 0.2) is 24.7 Å². The summed E-state index contributed by atoms with van der Waals surface area (Å²) in [5, 5.41) is 7.99. The van der Waals surface area contributed by atoms with Crippen molar-refractivity contribution in [1.29, 1.82) is 0 Å². The van der Waals surface area contributed by atoms with E-state index in [1.54, 1.807) is 0 Å². The van der Waals surface area contributed by atoms with E-state index in [4.69, 9.17) is 5.73 Å². The van der Waals surface area contributed by atoms with Crippen molar-refractivity contribution in [1.82, 2.24) is 14.8 Å². The highest BCUT2D eigenvalue weighted by molar-refractivity contribution is 5.74. The molecule has 0 radical (unpaired) electrons. The van der Waals surface area contributed by atoms with Crippen LogP contribution in [0.2, 0.25) is 0 Å². The molecule has 4 rings (SSSR count). The van der Waals surface area contributed by atoms with Crippen molar-refractivity contribution in [2.24, 2.45) is 11.7 Å². The summed E-state index contributed by atoms with van der Waals surface area (Å²) >= 11 is 0. The number of primary amides is 1. The van der Waals surface area contributed by atoms with Gasteiger partial charge in [-0.2, -0.15) is 5.10 Å². The first-order chi connectivity index (χ1) is 12.2. The molecule has 0 saturated heterocycles. The molecule has 1 fully saturated rings. The smallest absolute Gasteiger partial charge is 0.217 e. The van der Waals surface area contributed by atoms with E-state index >= 15 is 0 Å². The largest absolute Gasteiger partial charge is 0.370 e. The molecule has 1 saturated carbocycles. The molecule has 0 aromatic carbocycles. The minimum Gasteiger partial charge on any atom is -0.370 e. The lowest BCUT2D eigenvalue weighted by Gasteiger charge is -2.23. The van der Waals surface area contributed by atoms with Gasteiger partial charge in [0.2, 0.25) is 5.91 Å². The molecule has 2 aromatic heterocycles. The fraction of sp³-hybridized carbons (Fsp3) is 0.526. The van der Waals surface area contributed by atoms with Crippen LogP contribution in [0.5, 0.6) is 0 Å². The predicted molar refractivity (Wildman–Crippen MR) is 97.1 cm³/mol.